The second kappa shape index (κ2) is 6.14. The maximum atomic E-state index is 11.3. The highest BCUT2D eigenvalue weighted by atomic mass is 35.5. The number of benzene rings is 3. The molecule has 29 heavy (non-hydrogen) atoms. The first-order chi connectivity index (χ1) is 13.4. The molecular formula is C23H24ClNO4. The smallest absolute Gasteiger partial charge is 0.246 e. The molecule has 6 heteroatoms. The topological polar surface area (TPSA) is 62.2 Å². The summed E-state index contributed by atoms with van der Waals surface area (Å²) in [6, 6.07) is 9.67. The van der Waals surface area contributed by atoms with Gasteiger partial charge in [-0.25, -0.2) is 0 Å². The summed E-state index contributed by atoms with van der Waals surface area (Å²) >= 11 is 0. The van der Waals surface area contributed by atoms with Gasteiger partial charge in [-0.1, -0.05) is 6.07 Å². The van der Waals surface area contributed by atoms with Gasteiger partial charge in [0.25, 0.3) is 0 Å². The van der Waals surface area contributed by atoms with Crippen molar-refractivity contribution in [3.05, 3.63) is 41.5 Å². The fourth-order valence-electron chi connectivity index (χ4n) is 5.35. The number of aliphatic hydroxyl groups is 1. The van der Waals surface area contributed by atoms with Crippen LogP contribution < -0.4 is 9.47 Å². The second-order valence-corrected chi connectivity index (χ2v) is 8.70. The molecule has 6 rings (SSSR count). The molecule has 5 nitrogen and oxygen atoms in total. The van der Waals surface area contributed by atoms with E-state index in [4.69, 9.17) is 9.47 Å². The van der Waals surface area contributed by atoms with Crippen LogP contribution in [0.5, 0.6) is 17.2 Å². The Hall–Kier alpha value is -2.21. The molecule has 1 saturated heterocycles. The summed E-state index contributed by atoms with van der Waals surface area (Å²) in [6.45, 7) is 5.65. The Bertz CT molecular complexity index is 1160. The average Bonchev–Trinajstić information content (AvgIpc) is 3.22. The van der Waals surface area contributed by atoms with E-state index in [1.165, 1.54) is 0 Å². The van der Waals surface area contributed by atoms with Crippen LogP contribution in [0.1, 0.15) is 43.9 Å². The molecule has 0 aromatic heterocycles. The minimum absolute atomic E-state index is 0. The highest BCUT2D eigenvalue weighted by Gasteiger charge is 2.39. The van der Waals surface area contributed by atoms with Crippen molar-refractivity contribution in [2.45, 2.75) is 51.2 Å². The molecule has 2 atom stereocenters. The van der Waals surface area contributed by atoms with E-state index in [2.05, 4.69) is 4.90 Å². The van der Waals surface area contributed by atoms with Crippen molar-refractivity contribution in [3.8, 4) is 17.2 Å². The van der Waals surface area contributed by atoms with Crippen LogP contribution >= 0.6 is 12.4 Å². The van der Waals surface area contributed by atoms with Crippen LogP contribution in [0.25, 0.3) is 21.5 Å². The molecule has 1 fully saturated rings. The van der Waals surface area contributed by atoms with Crippen molar-refractivity contribution < 1.29 is 19.7 Å². The molecule has 0 bridgehead atoms. The molecule has 3 aliphatic rings. The minimum Gasteiger partial charge on any atom is -0.508 e. The zero-order valence-electron chi connectivity index (χ0n) is 16.4. The summed E-state index contributed by atoms with van der Waals surface area (Å²) in [5.41, 5.74) is 2.17. The molecule has 3 heterocycles. The number of nitrogens with zero attached hydrogens (tertiary/aromatic N) is 1. The van der Waals surface area contributed by atoms with Crippen LogP contribution in [0.2, 0.25) is 0 Å². The third kappa shape index (κ3) is 2.61. The predicted molar refractivity (Wildman–Crippen MR) is 114 cm³/mol. The van der Waals surface area contributed by atoms with Gasteiger partial charge in [0.15, 0.2) is 11.5 Å². The largest absolute Gasteiger partial charge is 0.508 e. The minimum atomic E-state index is -0.697. The first-order valence-electron chi connectivity index (χ1n) is 9.97. The molecule has 0 spiro atoms. The van der Waals surface area contributed by atoms with Gasteiger partial charge in [0.2, 0.25) is 5.79 Å². The summed E-state index contributed by atoms with van der Waals surface area (Å²) in [5.74, 6) is 0.978. The van der Waals surface area contributed by atoms with E-state index in [9.17, 15) is 10.2 Å². The predicted octanol–water partition coefficient (Wildman–Crippen LogP) is 4.64. The lowest BCUT2D eigenvalue weighted by Crippen LogP contribution is -2.39. The van der Waals surface area contributed by atoms with Crippen molar-refractivity contribution in [1.29, 1.82) is 0 Å². The van der Waals surface area contributed by atoms with Crippen LogP contribution in [0.3, 0.4) is 0 Å². The van der Waals surface area contributed by atoms with Crippen LogP contribution in [-0.2, 0) is 6.54 Å². The molecule has 3 aliphatic heterocycles. The van der Waals surface area contributed by atoms with E-state index < -0.39 is 11.9 Å². The highest BCUT2D eigenvalue weighted by molar-refractivity contribution is 6.12. The molecule has 0 radical (unpaired) electrons. The summed E-state index contributed by atoms with van der Waals surface area (Å²) in [6.07, 6.45) is 1.62. The number of phenolic OH excluding ortho intramolecular Hbond substituents is 1. The first kappa shape index (κ1) is 18.8. The summed E-state index contributed by atoms with van der Waals surface area (Å²) in [5, 5.41) is 25.5. The van der Waals surface area contributed by atoms with Gasteiger partial charge in [-0.05, 0) is 76.3 Å². The van der Waals surface area contributed by atoms with E-state index in [-0.39, 0.29) is 24.2 Å². The number of rotatable bonds is 0. The van der Waals surface area contributed by atoms with Crippen LogP contribution in [0, 0.1) is 0 Å². The van der Waals surface area contributed by atoms with Crippen molar-refractivity contribution in [2.75, 3.05) is 6.54 Å². The number of phenols is 1. The number of hydrogen-bond donors (Lipinski definition) is 2. The lowest BCUT2D eigenvalue weighted by molar-refractivity contribution is -0.0431. The Kier molecular flexibility index (Phi) is 3.98. The van der Waals surface area contributed by atoms with Gasteiger partial charge in [0.1, 0.15) is 5.75 Å². The molecule has 0 saturated carbocycles. The number of halogens is 1. The van der Waals surface area contributed by atoms with Crippen LogP contribution in [-0.4, -0.2) is 33.5 Å². The quantitative estimate of drug-likeness (QED) is 0.526. The number of fused-ring (bicyclic) bond motifs is 8. The fraction of sp³-hybridized carbons (Fsp3) is 0.391. The zero-order chi connectivity index (χ0) is 19.2. The normalized spacial score (nSPS) is 24.4. The molecule has 0 amide bonds. The third-order valence-electron chi connectivity index (χ3n) is 6.46. The highest BCUT2D eigenvalue weighted by Crippen LogP contribution is 2.49. The Labute approximate surface area is 175 Å². The fourth-order valence-corrected chi connectivity index (χ4v) is 5.35. The molecule has 0 aliphatic carbocycles. The number of aromatic hydroxyl groups is 1. The van der Waals surface area contributed by atoms with Crippen molar-refractivity contribution in [2.24, 2.45) is 0 Å². The Morgan fingerprint density at radius 1 is 1.00 bits per heavy atom. The molecule has 3 aromatic carbocycles. The van der Waals surface area contributed by atoms with Gasteiger partial charge in [0, 0.05) is 26.4 Å². The maximum Gasteiger partial charge on any atom is 0.246 e. The molecule has 0 unspecified atom stereocenters. The van der Waals surface area contributed by atoms with Gasteiger partial charge >= 0.3 is 0 Å². The number of aliphatic hydroxyl groups excluding tert-OH is 1. The average molecular weight is 414 g/mol. The molecular weight excluding hydrogens is 390 g/mol. The summed E-state index contributed by atoms with van der Waals surface area (Å²) in [7, 11) is 0. The van der Waals surface area contributed by atoms with Crippen molar-refractivity contribution in [3.63, 3.8) is 0 Å². The van der Waals surface area contributed by atoms with E-state index in [0.29, 0.717) is 0 Å². The van der Waals surface area contributed by atoms with Gasteiger partial charge in [0.05, 0.1) is 6.10 Å². The number of ether oxygens (including phenoxy) is 2. The van der Waals surface area contributed by atoms with Crippen molar-refractivity contribution in [1.82, 2.24) is 4.90 Å². The van der Waals surface area contributed by atoms with Gasteiger partial charge in [-0.2, -0.15) is 0 Å². The van der Waals surface area contributed by atoms with Crippen LogP contribution in [0.4, 0.5) is 0 Å². The van der Waals surface area contributed by atoms with Crippen LogP contribution in [0.15, 0.2) is 30.3 Å². The second-order valence-electron chi connectivity index (χ2n) is 8.70. The number of hydrogen-bond acceptors (Lipinski definition) is 5. The van der Waals surface area contributed by atoms with E-state index in [1.807, 2.05) is 32.0 Å². The van der Waals surface area contributed by atoms with Gasteiger partial charge < -0.3 is 19.7 Å². The SMILES string of the molecule is CC1(C)Oc2cc3c4c(c5ccc(O)cc5c3cc2O1)[C@H](O)[C@@H]1CCCN1C4.Cl. The Balaban J connectivity index is 0.00000181. The summed E-state index contributed by atoms with van der Waals surface area (Å²) in [4.78, 5) is 2.40. The monoisotopic (exact) mass is 413 g/mol. The zero-order valence-corrected chi connectivity index (χ0v) is 17.3. The van der Waals surface area contributed by atoms with E-state index >= 15 is 0 Å². The third-order valence-corrected chi connectivity index (χ3v) is 6.46. The van der Waals surface area contributed by atoms with E-state index in [0.717, 1.165) is 70.1 Å². The molecule has 3 aromatic rings. The maximum absolute atomic E-state index is 11.3. The standard InChI is InChI=1S/C23H23NO4.ClH/c1-23(2)27-19-9-15-14-8-12(25)5-6-13(14)21-17(16(15)10-20(19)28-23)11-24-7-3-4-18(24)22(21)26;/h5-6,8-10,18,22,25-26H,3-4,7,11H2,1-2H3;1H/t18-,22+;/m0./s1. The lowest BCUT2D eigenvalue weighted by atomic mass is 9.83. The first-order valence-corrected chi connectivity index (χ1v) is 9.97. The van der Waals surface area contributed by atoms with Gasteiger partial charge in [-0.15, -0.1) is 12.4 Å². The summed E-state index contributed by atoms with van der Waals surface area (Å²) < 4.78 is 12.0. The lowest BCUT2D eigenvalue weighted by Gasteiger charge is -2.37. The molecule has 2 N–H and O–H groups in total. The van der Waals surface area contributed by atoms with E-state index in [1.54, 1.807) is 12.1 Å². The van der Waals surface area contributed by atoms with Crippen molar-refractivity contribution >= 4 is 34.0 Å². The Morgan fingerprint density at radius 2 is 1.69 bits per heavy atom. The molecule has 152 valence electrons. The van der Waals surface area contributed by atoms with Gasteiger partial charge in [-0.3, -0.25) is 4.90 Å². The Morgan fingerprint density at radius 3 is 2.45 bits per heavy atom.